The minimum absolute atomic E-state index is 0.993. The van der Waals surface area contributed by atoms with Crippen molar-refractivity contribution in [1.29, 1.82) is 0 Å². The van der Waals surface area contributed by atoms with E-state index >= 15 is 0 Å². The van der Waals surface area contributed by atoms with E-state index in [4.69, 9.17) is 0 Å². The van der Waals surface area contributed by atoms with Crippen LogP contribution in [-0.2, 0) is 40.1 Å². The third kappa shape index (κ3) is 21.2. The van der Waals surface area contributed by atoms with Gasteiger partial charge in [0.2, 0.25) is 11.4 Å². The Morgan fingerprint density at radius 2 is 0.803 bits per heavy atom. The second kappa shape index (κ2) is 35.9. The Kier molecular flexibility index (Phi) is 32.1. The molecule has 346 valence electrons. The number of unbranched alkanes of at least 4 members (excludes halogenated alkanes) is 12. The third-order valence-electron chi connectivity index (χ3n) is 12.0. The van der Waals surface area contributed by atoms with Gasteiger partial charge in [0.15, 0.2) is 0 Å². The van der Waals surface area contributed by atoms with Gasteiger partial charge in [-0.3, -0.25) is 0 Å². The zero-order valence-electron chi connectivity index (χ0n) is 41.2. The van der Waals surface area contributed by atoms with Gasteiger partial charge in [-0.05, 0) is 124 Å². The van der Waals surface area contributed by atoms with Crippen LogP contribution in [0.4, 0.5) is 0 Å². The van der Waals surface area contributed by atoms with Gasteiger partial charge in [-0.15, -0.1) is 0 Å². The molecule has 0 atom stereocenters. The summed E-state index contributed by atoms with van der Waals surface area (Å²) in [5.74, 6) is 0. The number of allylic oxidation sites excluding steroid dienone is 6. The summed E-state index contributed by atoms with van der Waals surface area (Å²) in [6.45, 7) is 18.2. The first-order valence-corrected chi connectivity index (χ1v) is 27.3. The van der Waals surface area contributed by atoms with Crippen molar-refractivity contribution in [2.75, 3.05) is 0 Å². The molecule has 3 rings (SSSR count). The Hall–Kier alpha value is -2.51. The van der Waals surface area contributed by atoms with Crippen LogP contribution in [0, 0.1) is 0 Å². The molecule has 0 N–H and O–H groups in total. The zero-order valence-corrected chi connectivity index (χ0v) is 42.2. The number of nitrogens with zero attached hydrogens (tertiary/aromatic N) is 2. The van der Waals surface area contributed by atoms with Crippen LogP contribution in [0.2, 0.25) is 10.8 Å². The van der Waals surface area contributed by atoms with Crippen molar-refractivity contribution < 1.29 is 19.1 Å². The van der Waals surface area contributed by atoms with Crippen LogP contribution in [0.15, 0.2) is 71.8 Å². The topological polar surface area (TPSA) is 25.3 Å². The fraction of sp³-hybridized carbons (Fsp3) is 0.655. The fourth-order valence-corrected chi connectivity index (χ4v) is 9.60. The van der Waals surface area contributed by atoms with Crippen LogP contribution in [0.25, 0.3) is 16.9 Å². The molecular formula is C58H94N2Ni. The van der Waals surface area contributed by atoms with Crippen molar-refractivity contribution in [3.8, 4) is 0 Å². The van der Waals surface area contributed by atoms with Crippen molar-refractivity contribution in [2.24, 2.45) is 0 Å². The van der Waals surface area contributed by atoms with Gasteiger partial charge in [0, 0.05) is 22.3 Å². The molecule has 2 aromatic rings. The van der Waals surface area contributed by atoms with E-state index < -0.39 is 0 Å². The molecule has 0 spiro atoms. The molecule has 0 saturated heterocycles. The van der Waals surface area contributed by atoms with E-state index in [2.05, 4.69) is 116 Å². The molecular weight excluding hydrogens is 783 g/mol. The van der Waals surface area contributed by atoms with Crippen LogP contribution in [0.3, 0.4) is 0 Å². The van der Waals surface area contributed by atoms with Gasteiger partial charge in [-0.1, -0.05) is 154 Å². The Labute approximate surface area is 385 Å². The minimum atomic E-state index is 0.993. The average Bonchev–Trinajstić information content (AvgIpc) is 3.54. The average molecular weight is 878 g/mol. The number of hydrogen-bond acceptors (Lipinski definition) is 0. The molecule has 1 aliphatic rings. The summed E-state index contributed by atoms with van der Waals surface area (Å²) in [5, 5.41) is 2.78. The van der Waals surface area contributed by atoms with E-state index in [-0.39, 0.29) is 0 Å². The fourth-order valence-electron chi connectivity index (χ4n) is 8.16. The van der Waals surface area contributed by atoms with E-state index in [1.54, 1.807) is 4.70 Å². The normalized spacial score (nSPS) is 13.1. The van der Waals surface area contributed by atoms with Gasteiger partial charge < -0.3 is 5.53 Å². The number of aryl methyl sites for hydroxylation is 4. The summed E-state index contributed by atoms with van der Waals surface area (Å²) >= 11 is 1.94. The van der Waals surface area contributed by atoms with Crippen molar-refractivity contribution in [1.82, 2.24) is 0 Å². The maximum absolute atomic E-state index is 12.8. The number of benzene rings is 2. The Morgan fingerprint density at radius 1 is 0.410 bits per heavy atom. The van der Waals surface area contributed by atoms with Gasteiger partial charge in [-0.2, -0.15) is 0 Å². The van der Waals surface area contributed by atoms with Gasteiger partial charge in [0.1, 0.15) is 0 Å². The van der Waals surface area contributed by atoms with Gasteiger partial charge in [-0.25, -0.2) is 4.70 Å². The third-order valence-corrected chi connectivity index (χ3v) is 13.4. The predicted octanol–water partition coefficient (Wildman–Crippen LogP) is 19.6. The second-order valence-corrected chi connectivity index (χ2v) is 19.0. The molecule has 0 aliphatic carbocycles. The van der Waals surface area contributed by atoms with Gasteiger partial charge >= 0.3 is 64.8 Å². The Balaban J connectivity index is 0.00000127. The van der Waals surface area contributed by atoms with E-state index in [0.717, 1.165) is 88.4 Å². The van der Waals surface area contributed by atoms with E-state index in [1.165, 1.54) is 158 Å². The van der Waals surface area contributed by atoms with Crippen LogP contribution in [-0.4, -0.2) is 4.70 Å². The summed E-state index contributed by atoms with van der Waals surface area (Å²) in [6, 6.07) is 14.5. The predicted molar refractivity (Wildman–Crippen MR) is 269 cm³/mol. The monoisotopic (exact) mass is 877 g/mol. The van der Waals surface area contributed by atoms with Crippen LogP contribution in [0.1, 0.15) is 243 Å². The summed E-state index contributed by atoms with van der Waals surface area (Å²) in [4.78, 5) is 0. The van der Waals surface area contributed by atoms with Crippen molar-refractivity contribution in [2.45, 2.75) is 246 Å². The molecule has 0 amide bonds. The van der Waals surface area contributed by atoms with E-state index in [1.807, 2.05) is 14.4 Å². The quantitative estimate of drug-likeness (QED) is 0.0290. The summed E-state index contributed by atoms with van der Waals surface area (Å²) in [6.07, 6.45) is 42.5. The molecule has 0 radical (unpaired) electrons. The molecule has 1 aliphatic heterocycles. The number of rotatable bonds is 34. The second-order valence-electron chi connectivity index (χ2n) is 17.6. The van der Waals surface area contributed by atoms with E-state index in [9.17, 15) is 5.53 Å². The molecule has 0 fully saturated rings. The zero-order chi connectivity index (χ0) is 44.3. The van der Waals surface area contributed by atoms with Crippen molar-refractivity contribution in [3.05, 3.63) is 111 Å². The first-order valence-electron chi connectivity index (χ1n) is 25.9. The molecule has 0 bridgehead atoms. The molecule has 2 nitrogen and oxygen atoms in total. The van der Waals surface area contributed by atoms with Crippen LogP contribution in [0.5, 0.6) is 0 Å². The SMILES string of the molecule is CCCC=CCCc1ccc(CCCCC)cc1C1=C(CCCC)C(CCCCCC)=C(c2cc(CCCCC)ccc2CCC=CCCC)[N+]1=[N-].CCC[CH2][Ni][CH2]CCC. The van der Waals surface area contributed by atoms with E-state index in [0.29, 0.717) is 0 Å². The maximum atomic E-state index is 12.8. The first-order chi connectivity index (χ1) is 29.9. The first kappa shape index (κ1) is 54.6. The standard InChI is InChI=1S/C50H76N2.2C4H9.Ni/c1-7-13-19-22-26-31-43-37-35-41(29-24-16-10-4)39-47(43)49-45(33-18-12-6)46(34-28-21-15-9-3)50(52(49)51)48-40-42(30-25-17-11-5)36-38-44(48)32-27-23-20-14-8-2;2*1-3-4-2;/h19-20,22-23,35-40H,7-18,21,24-34H2,1-6H3;2*1,3-4H2,2H3;. The van der Waals surface area contributed by atoms with Crippen LogP contribution < -0.4 is 0 Å². The molecule has 3 heteroatoms. The Morgan fingerprint density at radius 3 is 1.23 bits per heavy atom. The molecule has 2 aromatic carbocycles. The Bertz CT molecular complexity index is 1580. The van der Waals surface area contributed by atoms with Crippen molar-refractivity contribution >= 4 is 11.4 Å². The van der Waals surface area contributed by atoms with Crippen LogP contribution >= 0.6 is 0 Å². The summed E-state index contributed by atoms with van der Waals surface area (Å²) in [7, 11) is 0. The molecule has 0 aromatic heterocycles. The molecule has 61 heavy (non-hydrogen) atoms. The molecule has 0 unspecified atom stereocenters. The van der Waals surface area contributed by atoms with Gasteiger partial charge in [0.05, 0.1) is 0 Å². The summed E-state index contributed by atoms with van der Waals surface area (Å²) in [5.41, 5.74) is 25.8. The summed E-state index contributed by atoms with van der Waals surface area (Å²) < 4.78 is 1.70. The molecule has 1 heterocycles. The van der Waals surface area contributed by atoms with Crippen molar-refractivity contribution in [3.63, 3.8) is 0 Å². The molecule has 0 saturated carbocycles. The van der Waals surface area contributed by atoms with Gasteiger partial charge in [0.25, 0.3) is 0 Å². The number of hydrogen-bond donors (Lipinski definition) is 0.